The van der Waals surface area contributed by atoms with E-state index in [4.69, 9.17) is 9.47 Å². The highest BCUT2D eigenvalue weighted by Gasteiger charge is 2.56. The number of likely N-dealkylation sites (tertiary alicyclic amines) is 1. The van der Waals surface area contributed by atoms with Gasteiger partial charge in [0.05, 0.1) is 24.7 Å². The molecule has 5 heteroatoms. The summed E-state index contributed by atoms with van der Waals surface area (Å²) in [6.45, 7) is 5.44. The fourth-order valence-electron chi connectivity index (χ4n) is 4.01. The third kappa shape index (κ3) is 3.04. The van der Waals surface area contributed by atoms with E-state index < -0.39 is 11.0 Å². The summed E-state index contributed by atoms with van der Waals surface area (Å²) in [5.41, 5.74) is -0.629. The molecule has 1 aromatic rings. The molecule has 0 bridgehead atoms. The first-order valence-electron chi connectivity index (χ1n) is 8.93. The summed E-state index contributed by atoms with van der Waals surface area (Å²) in [6, 6.07) is 7.83. The number of carbonyl (C=O) groups is 1. The van der Waals surface area contributed by atoms with Crippen molar-refractivity contribution in [3.63, 3.8) is 0 Å². The minimum atomic E-state index is -0.893. The lowest BCUT2D eigenvalue weighted by atomic mass is 9.70. The van der Waals surface area contributed by atoms with Crippen molar-refractivity contribution in [2.45, 2.75) is 44.1 Å². The van der Waals surface area contributed by atoms with E-state index in [-0.39, 0.29) is 11.3 Å². The highest BCUT2D eigenvalue weighted by Crippen LogP contribution is 2.51. The number of nitrogens with zero attached hydrogens (tertiary/aromatic N) is 1. The zero-order valence-corrected chi connectivity index (χ0v) is 15.7. The Balaban J connectivity index is 1.77. The summed E-state index contributed by atoms with van der Waals surface area (Å²) in [5.74, 6) is 0.987. The van der Waals surface area contributed by atoms with E-state index in [1.165, 1.54) is 0 Å². The van der Waals surface area contributed by atoms with Gasteiger partial charge in [0, 0.05) is 25.6 Å². The number of benzene rings is 1. The van der Waals surface area contributed by atoms with Crippen LogP contribution < -0.4 is 4.74 Å². The predicted molar refractivity (Wildman–Crippen MR) is 95.7 cm³/mol. The van der Waals surface area contributed by atoms with E-state index in [0.29, 0.717) is 26.1 Å². The van der Waals surface area contributed by atoms with E-state index in [1.807, 2.05) is 43.0 Å². The third-order valence-corrected chi connectivity index (χ3v) is 6.11. The van der Waals surface area contributed by atoms with Crippen molar-refractivity contribution >= 4 is 5.91 Å². The number of piperidine rings is 1. The second-order valence-corrected chi connectivity index (χ2v) is 8.14. The van der Waals surface area contributed by atoms with E-state index in [2.05, 4.69) is 0 Å². The standard InChI is InChI=1S/C20H29NO4/c1-18(2)13-21(12-11-20(18,23)14-24-3)17(22)19(9-10-19)15-5-7-16(25-4)8-6-15/h5-8,23H,9-14H2,1-4H3/t20-/m1/s1. The lowest BCUT2D eigenvalue weighted by Gasteiger charge is -2.50. The van der Waals surface area contributed by atoms with E-state index in [1.54, 1.807) is 14.2 Å². The first-order valence-corrected chi connectivity index (χ1v) is 8.93. The maximum absolute atomic E-state index is 13.3. The Morgan fingerprint density at radius 3 is 2.28 bits per heavy atom. The first-order chi connectivity index (χ1) is 11.8. The van der Waals surface area contributed by atoms with Gasteiger partial charge in [0.25, 0.3) is 0 Å². The SMILES string of the molecule is COC[C@]1(O)CCN(C(=O)C2(c3ccc(OC)cc3)CC2)CC1(C)C. The van der Waals surface area contributed by atoms with Gasteiger partial charge in [-0.1, -0.05) is 26.0 Å². The molecule has 0 aromatic heterocycles. The molecular formula is C20H29NO4. The molecule has 1 atom stereocenters. The van der Waals surface area contributed by atoms with Gasteiger partial charge in [0.15, 0.2) is 0 Å². The molecule has 3 rings (SSSR count). The number of rotatable bonds is 5. The van der Waals surface area contributed by atoms with Crippen LogP contribution >= 0.6 is 0 Å². The number of amides is 1. The van der Waals surface area contributed by atoms with Gasteiger partial charge in [-0.3, -0.25) is 4.79 Å². The number of ether oxygens (including phenoxy) is 2. The molecule has 0 radical (unpaired) electrons. The highest BCUT2D eigenvalue weighted by molar-refractivity contribution is 5.91. The molecule has 2 fully saturated rings. The zero-order chi connectivity index (χ0) is 18.3. The van der Waals surface area contributed by atoms with Gasteiger partial charge in [0.1, 0.15) is 5.75 Å². The van der Waals surface area contributed by atoms with Gasteiger partial charge in [0.2, 0.25) is 5.91 Å². The summed E-state index contributed by atoms with van der Waals surface area (Å²) in [7, 11) is 3.25. The van der Waals surface area contributed by atoms with Gasteiger partial charge < -0.3 is 19.5 Å². The number of carbonyl (C=O) groups excluding carboxylic acids is 1. The molecule has 1 amide bonds. The zero-order valence-electron chi connectivity index (χ0n) is 15.7. The molecule has 1 aromatic carbocycles. The van der Waals surface area contributed by atoms with Crippen LogP contribution in [-0.2, 0) is 14.9 Å². The van der Waals surface area contributed by atoms with E-state index in [9.17, 15) is 9.90 Å². The fourth-order valence-corrected chi connectivity index (χ4v) is 4.01. The molecular weight excluding hydrogens is 318 g/mol. The average molecular weight is 347 g/mol. The smallest absolute Gasteiger partial charge is 0.233 e. The second-order valence-electron chi connectivity index (χ2n) is 8.14. The Bertz CT molecular complexity index is 636. The maximum atomic E-state index is 13.3. The number of methoxy groups -OCH3 is 2. The minimum absolute atomic E-state index is 0.185. The second kappa shape index (κ2) is 6.29. The van der Waals surface area contributed by atoms with Crippen molar-refractivity contribution in [1.29, 1.82) is 0 Å². The largest absolute Gasteiger partial charge is 0.497 e. The molecule has 1 aliphatic heterocycles. The Morgan fingerprint density at radius 1 is 1.16 bits per heavy atom. The lowest BCUT2D eigenvalue weighted by Crippen LogP contribution is -2.61. The molecule has 1 saturated heterocycles. The lowest BCUT2D eigenvalue weighted by molar-refractivity contribution is -0.165. The van der Waals surface area contributed by atoms with Crippen LogP contribution in [0.15, 0.2) is 24.3 Å². The molecule has 2 aliphatic rings. The van der Waals surface area contributed by atoms with Gasteiger partial charge in [-0.15, -0.1) is 0 Å². The minimum Gasteiger partial charge on any atom is -0.497 e. The van der Waals surface area contributed by atoms with Crippen LogP contribution in [0.3, 0.4) is 0 Å². The quantitative estimate of drug-likeness (QED) is 0.888. The topological polar surface area (TPSA) is 59.0 Å². The van der Waals surface area contributed by atoms with Gasteiger partial charge in [-0.05, 0) is 37.0 Å². The van der Waals surface area contributed by atoms with Crippen molar-refractivity contribution in [3.05, 3.63) is 29.8 Å². The van der Waals surface area contributed by atoms with Gasteiger partial charge in [-0.2, -0.15) is 0 Å². The molecule has 25 heavy (non-hydrogen) atoms. The summed E-state index contributed by atoms with van der Waals surface area (Å²) in [6.07, 6.45) is 2.31. The monoisotopic (exact) mass is 347 g/mol. The summed E-state index contributed by atoms with van der Waals surface area (Å²) in [5, 5.41) is 10.9. The van der Waals surface area contributed by atoms with Crippen molar-refractivity contribution in [2.24, 2.45) is 5.41 Å². The molecule has 5 nitrogen and oxygen atoms in total. The van der Waals surface area contributed by atoms with Crippen LogP contribution in [0, 0.1) is 5.41 Å². The Hall–Kier alpha value is -1.59. The van der Waals surface area contributed by atoms with Gasteiger partial charge in [-0.25, -0.2) is 0 Å². The van der Waals surface area contributed by atoms with Crippen LogP contribution in [0.5, 0.6) is 5.75 Å². The maximum Gasteiger partial charge on any atom is 0.233 e. The average Bonchev–Trinajstić information content (AvgIpc) is 3.39. The molecule has 1 saturated carbocycles. The van der Waals surface area contributed by atoms with E-state index in [0.717, 1.165) is 24.2 Å². The molecule has 138 valence electrons. The Kier molecular flexibility index (Phi) is 4.58. The van der Waals surface area contributed by atoms with Crippen molar-refractivity contribution in [1.82, 2.24) is 4.90 Å². The Labute approximate surface area is 149 Å². The van der Waals surface area contributed by atoms with Crippen molar-refractivity contribution in [2.75, 3.05) is 33.9 Å². The fraction of sp³-hybridized carbons (Fsp3) is 0.650. The molecule has 1 heterocycles. The van der Waals surface area contributed by atoms with Crippen LogP contribution in [0.4, 0.5) is 0 Å². The molecule has 1 aliphatic carbocycles. The van der Waals surface area contributed by atoms with Crippen molar-refractivity contribution < 1.29 is 19.4 Å². The number of hydrogen-bond donors (Lipinski definition) is 1. The van der Waals surface area contributed by atoms with Crippen LogP contribution in [0.2, 0.25) is 0 Å². The van der Waals surface area contributed by atoms with Gasteiger partial charge >= 0.3 is 0 Å². The molecule has 0 spiro atoms. The molecule has 0 unspecified atom stereocenters. The van der Waals surface area contributed by atoms with Crippen LogP contribution in [0.25, 0.3) is 0 Å². The number of hydrogen-bond acceptors (Lipinski definition) is 4. The first kappa shape index (κ1) is 18.2. The summed E-state index contributed by atoms with van der Waals surface area (Å²) < 4.78 is 10.4. The van der Waals surface area contributed by atoms with Crippen LogP contribution in [0.1, 0.15) is 38.7 Å². The molecule has 1 N–H and O–H groups in total. The highest BCUT2D eigenvalue weighted by atomic mass is 16.5. The summed E-state index contributed by atoms with van der Waals surface area (Å²) in [4.78, 5) is 15.2. The summed E-state index contributed by atoms with van der Waals surface area (Å²) >= 11 is 0. The van der Waals surface area contributed by atoms with E-state index >= 15 is 0 Å². The normalized spacial score (nSPS) is 27.0. The third-order valence-electron chi connectivity index (χ3n) is 6.11. The Morgan fingerprint density at radius 2 is 1.80 bits per heavy atom. The van der Waals surface area contributed by atoms with Crippen molar-refractivity contribution in [3.8, 4) is 5.75 Å². The number of aliphatic hydroxyl groups is 1. The predicted octanol–water partition coefficient (Wildman–Crippen LogP) is 2.36. The van der Waals surface area contributed by atoms with Crippen LogP contribution in [-0.4, -0.2) is 55.4 Å².